The van der Waals surface area contributed by atoms with Gasteiger partial charge in [-0.25, -0.2) is 0 Å². The normalized spacial score (nSPS) is 17.5. The highest BCUT2D eigenvalue weighted by Gasteiger charge is 2.40. The first-order chi connectivity index (χ1) is 9.11. The summed E-state index contributed by atoms with van der Waals surface area (Å²) >= 11 is 0. The summed E-state index contributed by atoms with van der Waals surface area (Å²) in [6.45, 7) is 5.60. The Morgan fingerprint density at radius 1 is 1.32 bits per heavy atom. The van der Waals surface area contributed by atoms with Crippen molar-refractivity contribution < 1.29 is 5.11 Å². The van der Waals surface area contributed by atoms with Gasteiger partial charge >= 0.3 is 0 Å². The average Bonchev–Trinajstić information content (AvgIpc) is 2.35. The zero-order valence-corrected chi connectivity index (χ0v) is 11.6. The van der Waals surface area contributed by atoms with E-state index >= 15 is 0 Å². The largest absolute Gasteiger partial charge is 0.386 e. The number of aryl methyl sites for hydroxylation is 1. The van der Waals surface area contributed by atoms with Crippen LogP contribution in [0.2, 0.25) is 0 Å². The minimum atomic E-state index is -0.493. The fraction of sp³-hybridized carbons (Fsp3) is 0.438. The Hall–Kier alpha value is -1.61. The molecule has 0 saturated carbocycles. The van der Waals surface area contributed by atoms with Crippen molar-refractivity contribution in [1.29, 1.82) is 0 Å². The molecule has 1 aromatic heterocycles. The minimum absolute atomic E-state index is 0.493. The minimum Gasteiger partial charge on any atom is -0.386 e. The smallest absolute Gasteiger partial charge is 0.0995 e. The maximum atomic E-state index is 10.3. The van der Waals surface area contributed by atoms with Crippen LogP contribution >= 0.6 is 0 Å². The lowest BCUT2D eigenvalue weighted by Gasteiger charge is -2.48. The van der Waals surface area contributed by atoms with Crippen molar-refractivity contribution in [3.63, 3.8) is 0 Å². The molecule has 0 amide bonds. The van der Waals surface area contributed by atoms with Crippen molar-refractivity contribution in [2.45, 2.75) is 32.3 Å². The second-order valence-corrected chi connectivity index (χ2v) is 5.63. The predicted octanol–water partition coefficient (Wildman–Crippen LogP) is 2.89. The molecule has 1 aromatic carbocycles. The molecule has 1 aliphatic heterocycles. The van der Waals surface area contributed by atoms with Gasteiger partial charge in [0.1, 0.15) is 0 Å². The average molecular weight is 256 g/mol. The Labute approximate surface area is 113 Å². The van der Waals surface area contributed by atoms with E-state index < -0.39 is 5.60 Å². The van der Waals surface area contributed by atoms with Gasteiger partial charge in [-0.2, -0.15) is 0 Å². The number of hydrogen-bond acceptors (Lipinski definition) is 3. The Bertz CT molecular complexity index is 603. The lowest BCUT2D eigenvalue weighted by Crippen LogP contribution is -2.62. The second kappa shape index (κ2) is 4.49. The zero-order chi connectivity index (χ0) is 13.5. The van der Waals surface area contributed by atoms with E-state index in [1.165, 1.54) is 11.1 Å². The molecule has 0 unspecified atom stereocenters. The van der Waals surface area contributed by atoms with Crippen LogP contribution in [0.4, 0.5) is 5.69 Å². The summed E-state index contributed by atoms with van der Waals surface area (Å²) in [5, 5.41) is 11.5. The maximum absolute atomic E-state index is 10.3. The third kappa shape index (κ3) is 2.19. The summed E-state index contributed by atoms with van der Waals surface area (Å²) in [5.41, 5.74) is 2.76. The van der Waals surface area contributed by atoms with E-state index in [2.05, 4.69) is 28.9 Å². The molecule has 1 saturated heterocycles. The van der Waals surface area contributed by atoms with Crippen LogP contribution in [-0.4, -0.2) is 28.8 Å². The van der Waals surface area contributed by atoms with Gasteiger partial charge < -0.3 is 10.0 Å². The standard InChI is InChI=1S/C16H20N2O/c1-3-8-16(19)10-18(11-16)15-9-12(2)17-14-7-5-4-6-13(14)15/h4-7,9,19H,3,8,10-11H2,1-2H3. The van der Waals surface area contributed by atoms with Crippen LogP contribution in [0.3, 0.4) is 0 Å². The highest BCUT2D eigenvalue weighted by Crippen LogP contribution is 2.35. The summed E-state index contributed by atoms with van der Waals surface area (Å²) in [4.78, 5) is 6.82. The maximum Gasteiger partial charge on any atom is 0.0995 e. The van der Waals surface area contributed by atoms with E-state index in [4.69, 9.17) is 0 Å². The molecule has 19 heavy (non-hydrogen) atoms. The summed E-state index contributed by atoms with van der Waals surface area (Å²) in [7, 11) is 0. The molecule has 2 aromatic rings. The van der Waals surface area contributed by atoms with Crippen LogP contribution in [0.15, 0.2) is 30.3 Å². The van der Waals surface area contributed by atoms with Crippen molar-refractivity contribution >= 4 is 16.6 Å². The van der Waals surface area contributed by atoms with Gasteiger partial charge in [-0.15, -0.1) is 0 Å². The molecule has 0 radical (unpaired) electrons. The number of benzene rings is 1. The van der Waals surface area contributed by atoms with E-state index in [1.54, 1.807) is 0 Å². The van der Waals surface area contributed by atoms with E-state index in [-0.39, 0.29) is 0 Å². The number of anilines is 1. The van der Waals surface area contributed by atoms with Crippen LogP contribution in [0, 0.1) is 6.92 Å². The summed E-state index contributed by atoms with van der Waals surface area (Å²) in [5.74, 6) is 0. The molecule has 1 N–H and O–H groups in total. The van der Waals surface area contributed by atoms with Crippen molar-refractivity contribution in [3.05, 3.63) is 36.0 Å². The molecule has 3 rings (SSSR count). The highest BCUT2D eigenvalue weighted by molar-refractivity contribution is 5.92. The molecule has 100 valence electrons. The molecule has 0 bridgehead atoms. The van der Waals surface area contributed by atoms with Gasteiger partial charge in [0.2, 0.25) is 0 Å². The van der Waals surface area contributed by atoms with Crippen molar-refractivity contribution in [2.24, 2.45) is 0 Å². The van der Waals surface area contributed by atoms with Crippen LogP contribution in [0.25, 0.3) is 10.9 Å². The molecule has 3 heteroatoms. The Morgan fingerprint density at radius 3 is 2.79 bits per heavy atom. The first kappa shape index (κ1) is 12.4. The van der Waals surface area contributed by atoms with Crippen LogP contribution < -0.4 is 4.90 Å². The fourth-order valence-electron chi connectivity index (χ4n) is 3.01. The predicted molar refractivity (Wildman–Crippen MR) is 78.6 cm³/mol. The molecule has 0 aliphatic carbocycles. The van der Waals surface area contributed by atoms with Crippen LogP contribution in [0.1, 0.15) is 25.5 Å². The molecule has 0 atom stereocenters. The third-order valence-corrected chi connectivity index (χ3v) is 3.85. The Balaban J connectivity index is 1.94. The summed E-state index contributed by atoms with van der Waals surface area (Å²) in [6, 6.07) is 10.3. The Kier molecular flexibility index (Phi) is 2.94. The van der Waals surface area contributed by atoms with Gasteiger partial charge in [0.25, 0.3) is 0 Å². The molecule has 1 fully saturated rings. The number of para-hydroxylation sites is 1. The summed E-state index contributed by atoms with van der Waals surface area (Å²) in [6.07, 6.45) is 1.91. The van der Waals surface area contributed by atoms with Gasteiger partial charge in [0.05, 0.1) is 11.1 Å². The van der Waals surface area contributed by atoms with Gasteiger partial charge in [-0.1, -0.05) is 31.5 Å². The molecule has 0 spiro atoms. The van der Waals surface area contributed by atoms with Crippen LogP contribution in [-0.2, 0) is 0 Å². The van der Waals surface area contributed by atoms with Gasteiger partial charge in [-0.05, 0) is 25.5 Å². The number of nitrogens with zero attached hydrogens (tertiary/aromatic N) is 2. The number of hydrogen-bond donors (Lipinski definition) is 1. The van der Waals surface area contributed by atoms with Gasteiger partial charge in [0, 0.05) is 29.9 Å². The van der Waals surface area contributed by atoms with E-state index in [1.807, 2.05) is 25.1 Å². The molecular formula is C16H20N2O. The number of rotatable bonds is 3. The molecule has 1 aliphatic rings. The van der Waals surface area contributed by atoms with Crippen molar-refractivity contribution in [3.8, 4) is 0 Å². The van der Waals surface area contributed by atoms with Crippen LogP contribution in [0.5, 0.6) is 0 Å². The number of pyridine rings is 1. The van der Waals surface area contributed by atoms with Crippen molar-refractivity contribution in [2.75, 3.05) is 18.0 Å². The molecular weight excluding hydrogens is 236 g/mol. The van der Waals surface area contributed by atoms with Gasteiger partial charge in [0.15, 0.2) is 0 Å². The van der Waals surface area contributed by atoms with Crippen molar-refractivity contribution in [1.82, 2.24) is 4.98 Å². The highest BCUT2D eigenvalue weighted by atomic mass is 16.3. The molecule has 2 heterocycles. The monoisotopic (exact) mass is 256 g/mol. The third-order valence-electron chi connectivity index (χ3n) is 3.85. The molecule has 3 nitrogen and oxygen atoms in total. The van der Waals surface area contributed by atoms with E-state index in [9.17, 15) is 5.11 Å². The number of fused-ring (bicyclic) bond motifs is 1. The zero-order valence-electron chi connectivity index (χ0n) is 11.6. The Morgan fingerprint density at radius 2 is 2.05 bits per heavy atom. The lowest BCUT2D eigenvalue weighted by molar-refractivity contribution is 0.00355. The SMILES string of the molecule is CCCC1(O)CN(c2cc(C)nc3ccccc23)C1. The fourth-order valence-corrected chi connectivity index (χ4v) is 3.01. The first-order valence-electron chi connectivity index (χ1n) is 6.95. The quantitative estimate of drug-likeness (QED) is 0.917. The summed E-state index contributed by atoms with van der Waals surface area (Å²) < 4.78 is 0. The second-order valence-electron chi connectivity index (χ2n) is 5.63. The number of β-amino-alcohol motifs (C(OH)–C–C–N with tert-alkyl or cyclic N) is 1. The lowest BCUT2D eigenvalue weighted by atomic mass is 9.88. The van der Waals surface area contributed by atoms with Gasteiger partial charge in [-0.3, -0.25) is 4.98 Å². The number of aliphatic hydroxyl groups is 1. The van der Waals surface area contributed by atoms with E-state index in [0.29, 0.717) is 0 Å². The number of aromatic nitrogens is 1. The van der Waals surface area contributed by atoms with E-state index in [0.717, 1.165) is 37.1 Å². The first-order valence-corrected chi connectivity index (χ1v) is 6.95. The topological polar surface area (TPSA) is 36.4 Å².